The first-order valence-electron chi connectivity index (χ1n) is 4.72. The van der Waals surface area contributed by atoms with Crippen molar-refractivity contribution in [2.75, 3.05) is 14.1 Å². The highest BCUT2D eigenvalue weighted by Gasteiger charge is 2.20. The smallest absolute Gasteiger partial charge is 0.253 e. The Morgan fingerprint density at radius 2 is 2.13 bits per heavy atom. The molecule has 0 aliphatic carbocycles. The highest BCUT2D eigenvalue weighted by atomic mass is 16.2. The highest BCUT2D eigenvalue weighted by Crippen LogP contribution is 2.17. The lowest BCUT2D eigenvalue weighted by atomic mass is 10.1. The first-order valence-corrected chi connectivity index (χ1v) is 4.72. The molecule has 0 bridgehead atoms. The average Bonchev–Trinajstić information content (AvgIpc) is 2.59. The Bertz CT molecular complexity index is 438. The van der Waals surface area contributed by atoms with Crippen LogP contribution in [0.1, 0.15) is 26.3 Å². The first-order chi connectivity index (χ1) is 7.09. The van der Waals surface area contributed by atoms with Crippen LogP contribution in [0, 0.1) is 0 Å². The number of rotatable bonds is 1. The summed E-state index contributed by atoms with van der Waals surface area (Å²) in [5, 5.41) is 2.72. The lowest BCUT2D eigenvalue weighted by Crippen LogP contribution is -2.22. The van der Waals surface area contributed by atoms with Crippen molar-refractivity contribution in [3.05, 3.63) is 34.9 Å². The Labute approximate surface area is 87.9 Å². The van der Waals surface area contributed by atoms with Crippen LogP contribution in [0.3, 0.4) is 0 Å². The van der Waals surface area contributed by atoms with E-state index in [1.165, 1.54) is 4.90 Å². The third kappa shape index (κ3) is 1.58. The van der Waals surface area contributed by atoms with E-state index in [2.05, 4.69) is 5.32 Å². The van der Waals surface area contributed by atoms with E-state index in [1.54, 1.807) is 26.2 Å². The summed E-state index contributed by atoms with van der Waals surface area (Å²) in [7, 11) is 3.38. The lowest BCUT2D eigenvalue weighted by Gasteiger charge is -2.10. The van der Waals surface area contributed by atoms with Gasteiger partial charge in [-0.1, -0.05) is 6.07 Å². The van der Waals surface area contributed by atoms with E-state index in [4.69, 9.17) is 0 Å². The minimum atomic E-state index is -0.0987. The summed E-state index contributed by atoms with van der Waals surface area (Å²) in [5.74, 6) is -0.184. The van der Waals surface area contributed by atoms with Crippen molar-refractivity contribution in [1.82, 2.24) is 10.2 Å². The molecule has 2 amide bonds. The predicted octanol–water partition coefficient (Wildman–Crippen LogP) is 0.632. The van der Waals surface area contributed by atoms with Crippen LogP contribution in [-0.4, -0.2) is 30.8 Å². The third-order valence-electron chi connectivity index (χ3n) is 2.45. The van der Waals surface area contributed by atoms with E-state index in [9.17, 15) is 9.59 Å². The van der Waals surface area contributed by atoms with Gasteiger partial charge in [0, 0.05) is 31.8 Å². The second-order valence-corrected chi connectivity index (χ2v) is 3.75. The van der Waals surface area contributed by atoms with Gasteiger partial charge in [-0.2, -0.15) is 0 Å². The van der Waals surface area contributed by atoms with Gasteiger partial charge in [0.2, 0.25) is 0 Å². The number of carbonyl (C=O) groups excluding carboxylic acids is 2. The number of nitrogens with one attached hydrogen (secondary N) is 1. The van der Waals surface area contributed by atoms with Crippen molar-refractivity contribution < 1.29 is 9.59 Å². The minimum Gasteiger partial charge on any atom is -0.348 e. The summed E-state index contributed by atoms with van der Waals surface area (Å²) in [6, 6.07) is 5.23. The molecule has 0 spiro atoms. The van der Waals surface area contributed by atoms with Gasteiger partial charge in [0.15, 0.2) is 0 Å². The zero-order valence-electron chi connectivity index (χ0n) is 8.70. The zero-order chi connectivity index (χ0) is 11.0. The Morgan fingerprint density at radius 3 is 2.80 bits per heavy atom. The number of fused-ring (bicyclic) bond motifs is 1. The maximum Gasteiger partial charge on any atom is 0.253 e. The van der Waals surface area contributed by atoms with Crippen LogP contribution in [0.5, 0.6) is 0 Å². The van der Waals surface area contributed by atoms with Gasteiger partial charge >= 0.3 is 0 Å². The summed E-state index contributed by atoms with van der Waals surface area (Å²) in [4.78, 5) is 24.5. The molecule has 1 aromatic carbocycles. The van der Waals surface area contributed by atoms with Crippen molar-refractivity contribution in [3.63, 3.8) is 0 Å². The van der Waals surface area contributed by atoms with Crippen LogP contribution < -0.4 is 5.32 Å². The molecule has 4 nitrogen and oxygen atoms in total. The molecule has 1 N–H and O–H groups in total. The van der Waals surface area contributed by atoms with Crippen LogP contribution in [0.2, 0.25) is 0 Å². The second kappa shape index (κ2) is 3.38. The van der Waals surface area contributed by atoms with Gasteiger partial charge in [0.05, 0.1) is 0 Å². The minimum absolute atomic E-state index is 0.0856. The molecule has 1 aliphatic heterocycles. The maximum absolute atomic E-state index is 11.6. The number of nitrogens with zero attached hydrogens (tertiary/aromatic N) is 1. The standard InChI is InChI=1S/C11H12N2O2/c1-13(2)11(15)7-3-4-8-6-12-10(14)9(8)5-7/h3-5H,6H2,1-2H3,(H,12,14). The Hall–Kier alpha value is -1.84. The van der Waals surface area contributed by atoms with Gasteiger partial charge in [-0.05, 0) is 17.7 Å². The van der Waals surface area contributed by atoms with Gasteiger partial charge in [0.1, 0.15) is 0 Å². The Morgan fingerprint density at radius 1 is 1.40 bits per heavy atom. The number of hydrogen-bond acceptors (Lipinski definition) is 2. The molecule has 0 aromatic heterocycles. The Balaban J connectivity index is 2.41. The predicted molar refractivity (Wildman–Crippen MR) is 55.6 cm³/mol. The normalized spacial score (nSPS) is 13.3. The first kappa shape index (κ1) is 9.71. The van der Waals surface area contributed by atoms with Gasteiger partial charge < -0.3 is 10.2 Å². The molecule has 0 unspecified atom stereocenters. The molecule has 0 radical (unpaired) electrons. The van der Waals surface area contributed by atoms with E-state index in [0.29, 0.717) is 17.7 Å². The third-order valence-corrected chi connectivity index (χ3v) is 2.45. The van der Waals surface area contributed by atoms with Crippen molar-refractivity contribution in [2.24, 2.45) is 0 Å². The molecule has 2 rings (SSSR count). The fourth-order valence-corrected chi connectivity index (χ4v) is 1.60. The summed E-state index contributed by atoms with van der Waals surface area (Å²) in [6.07, 6.45) is 0. The molecule has 1 aromatic rings. The molecule has 1 heterocycles. The number of benzene rings is 1. The van der Waals surface area contributed by atoms with Crippen LogP contribution in [0.15, 0.2) is 18.2 Å². The molecule has 0 atom stereocenters. The summed E-state index contributed by atoms with van der Waals surface area (Å²) in [6.45, 7) is 0.560. The van der Waals surface area contributed by atoms with E-state index < -0.39 is 0 Å². The quantitative estimate of drug-likeness (QED) is 0.729. The molecular formula is C11H12N2O2. The van der Waals surface area contributed by atoms with Crippen molar-refractivity contribution in [1.29, 1.82) is 0 Å². The molecule has 0 saturated carbocycles. The zero-order valence-corrected chi connectivity index (χ0v) is 8.70. The fourth-order valence-electron chi connectivity index (χ4n) is 1.60. The molecule has 0 fully saturated rings. The van der Waals surface area contributed by atoms with Gasteiger partial charge in [0.25, 0.3) is 11.8 Å². The summed E-state index contributed by atoms with van der Waals surface area (Å²) < 4.78 is 0. The second-order valence-electron chi connectivity index (χ2n) is 3.75. The van der Waals surface area contributed by atoms with E-state index >= 15 is 0 Å². The number of amides is 2. The van der Waals surface area contributed by atoms with Crippen molar-refractivity contribution in [3.8, 4) is 0 Å². The maximum atomic E-state index is 11.6. The lowest BCUT2D eigenvalue weighted by molar-refractivity contribution is 0.0827. The summed E-state index contributed by atoms with van der Waals surface area (Å²) in [5.41, 5.74) is 2.12. The van der Waals surface area contributed by atoms with Crippen molar-refractivity contribution >= 4 is 11.8 Å². The van der Waals surface area contributed by atoms with Crippen LogP contribution in [0.4, 0.5) is 0 Å². The Kier molecular flexibility index (Phi) is 2.19. The van der Waals surface area contributed by atoms with Gasteiger partial charge in [-0.25, -0.2) is 0 Å². The summed E-state index contributed by atoms with van der Waals surface area (Å²) >= 11 is 0. The van der Waals surface area contributed by atoms with Crippen LogP contribution >= 0.6 is 0 Å². The number of hydrogen-bond donors (Lipinski definition) is 1. The molecule has 4 heteroatoms. The number of carbonyl (C=O) groups is 2. The van der Waals surface area contributed by atoms with Gasteiger partial charge in [-0.15, -0.1) is 0 Å². The highest BCUT2D eigenvalue weighted by molar-refractivity contribution is 6.02. The van der Waals surface area contributed by atoms with Crippen molar-refractivity contribution in [2.45, 2.75) is 6.54 Å². The van der Waals surface area contributed by atoms with Crippen LogP contribution in [0.25, 0.3) is 0 Å². The monoisotopic (exact) mass is 204 g/mol. The molecule has 15 heavy (non-hydrogen) atoms. The molecule has 1 aliphatic rings. The molecule has 78 valence electrons. The van der Waals surface area contributed by atoms with Gasteiger partial charge in [-0.3, -0.25) is 9.59 Å². The van der Waals surface area contributed by atoms with Crippen LogP contribution in [-0.2, 0) is 6.54 Å². The van der Waals surface area contributed by atoms with E-state index in [0.717, 1.165) is 5.56 Å². The topological polar surface area (TPSA) is 49.4 Å². The van der Waals surface area contributed by atoms with E-state index in [-0.39, 0.29) is 11.8 Å². The molecular weight excluding hydrogens is 192 g/mol. The fraction of sp³-hybridized carbons (Fsp3) is 0.273. The average molecular weight is 204 g/mol. The van der Waals surface area contributed by atoms with E-state index in [1.807, 2.05) is 6.07 Å². The largest absolute Gasteiger partial charge is 0.348 e. The molecule has 0 saturated heterocycles. The SMILES string of the molecule is CN(C)C(=O)c1ccc2c(c1)C(=O)NC2.